The van der Waals surface area contributed by atoms with Crippen molar-refractivity contribution in [3.05, 3.63) is 82.5 Å². The molecule has 7 rings (SSSR count). The molecule has 1 aliphatic carbocycles. The zero-order valence-electron chi connectivity index (χ0n) is 24.4. The molecule has 43 heavy (non-hydrogen) atoms. The summed E-state index contributed by atoms with van der Waals surface area (Å²) in [5, 5.41) is 6.99. The Balaban J connectivity index is 1.10. The number of fused-ring (bicyclic) bond motifs is 1. The van der Waals surface area contributed by atoms with Crippen LogP contribution in [-0.4, -0.2) is 78.4 Å². The highest BCUT2D eigenvalue weighted by molar-refractivity contribution is 5.96. The molecule has 0 unspecified atom stereocenters. The van der Waals surface area contributed by atoms with Gasteiger partial charge < -0.3 is 25.8 Å². The summed E-state index contributed by atoms with van der Waals surface area (Å²) in [6.45, 7) is 5.98. The lowest BCUT2D eigenvalue weighted by atomic mass is 10.1. The van der Waals surface area contributed by atoms with Crippen LogP contribution in [0.1, 0.15) is 41.2 Å². The van der Waals surface area contributed by atoms with Gasteiger partial charge in [-0.2, -0.15) is 0 Å². The van der Waals surface area contributed by atoms with Gasteiger partial charge in [0, 0.05) is 62.2 Å². The number of pyridine rings is 1. The summed E-state index contributed by atoms with van der Waals surface area (Å²) in [7, 11) is 2.14. The van der Waals surface area contributed by atoms with Crippen LogP contribution in [0.4, 0.5) is 23.0 Å². The van der Waals surface area contributed by atoms with Gasteiger partial charge in [-0.1, -0.05) is 12.1 Å². The third-order valence-corrected chi connectivity index (χ3v) is 8.76. The van der Waals surface area contributed by atoms with E-state index < -0.39 is 5.91 Å². The van der Waals surface area contributed by atoms with Crippen LogP contribution >= 0.6 is 0 Å². The molecular weight excluding hydrogens is 542 g/mol. The molecule has 2 aromatic carbocycles. The molecule has 2 aliphatic heterocycles. The molecule has 2 aromatic heterocycles. The number of piperazine rings is 1. The second kappa shape index (κ2) is 11.2. The summed E-state index contributed by atoms with van der Waals surface area (Å²) in [6, 6.07) is 16.4. The monoisotopic (exact) mass is 579 g/mol. The zero-order chi connectivity index (χ0) is 29.5. The number of primary amides is 1. The van der Waals surface area contributed by atoms with Crippen LogP contribution in [-0.2, 0) is 0 Å². The number of benzene rings is 2. The maximum Gasteiger partial charge on any atom is 0.276 e. The highest BCUT2D eigenvalue weighted by Gasteiger charge is 2.25. The molecule has 3 N–H and O–H groups in total. The summed E-state index contributed by atoms with van der Waals surface area (Å²) < 4.78 is 1.71. The predicted octanol–water partition coefficient (Wildman–Crippen LogP) is 3.07. The molecule has 0 spiro atoms. The first-order valence-electron chi connectivity index (χ1n) is 15.1. The number of hydrogen-bond donors (Lipinski definition) is 2. The van der Waals surface area contributed by atoms with E-state index in [1.165, 1.54) is 18.4 Å². The summed E-state index contributed by atoms with van der Waals surface area (Å²) in [6.07, 6.45) is 6.74. The van der Waals surface area contributed by atoms with E-state index in [0.717, 1.165) is 67.8 Å². The van der Waals surface area contributed by atoms with Crippen molar-refractivity contribution in [3.63, 3.8) is 0 Å². The average Bonchev–Trinajstić information content (AvgIpc) is 3.88. The Morgan fingerprint density at radius 3 is 2.49 bits per heavy atom. The van der Waals surface area contributed by atoms with Crippen LogP contribution < -0.4 is 31.4 Å². The number of nitrogens with zero attached hydrogens (tertiary/aromatic N) is 7. The molecule has 4 heterocycles. The number of likely N-dealkylation sites (N-methyl/N-ethyl adjacent to an activating group) is 1. The van der Waals surface area contributed by atoms with E-state index in [4.69, 9.17) is 10.7 Å². The van der Waals surface area contributed by atoms with Crippen LogP contribution in [0.2, 0.25) is 0 Å². The van der Waals surface area contributed by atoms with E-state index in [-0.39, 0.29) is 11.3 Å². The Hall–Kier alpha value is -4.64. The fourth-order valence-electron chi connectivity index (χ4n) is 6.05. The third-order valence-electron chi connectivity index (χ3n) is 8.76. The van der Waals surface area contributed by atoms with Crippen LogP contribution in [0, 0.1) is 0 Å². The Morgan fingerprint density at radius 1 is 0.953 bits per heavy atom. The van der Waals surface area contributed by atoms with E-state index in [9.17, 15) is 9.59 Å². The first-order chi connectivity index (χ1) is 20.9. The van der Waals surface area contributed by atoms with Crippen molar-refractivity contribution in [1.82, 2.24) is 19.5 Å². The topological polar surface area (TPSA) is 116 Å². The maximum absolute atomic E-state index is 13.5. The Labute approximate surface area is 250 Å². The van der Waals surface area contributed by atoms with Crippen molar-refractivity contribution < 1.29 is 4.79 Å². The van der Waals surface area contributed by atoms with Crippen LogP contribution in [0.3, 0.4) is 0 Å². The van der Waals surface area contributed by atoms with E-state index in [1.54, 1.807) is 10.9 Å². The Kier molecular flexibility index (Phi) is 7.10. The third kappa shape index (κ3) is 5.60. The van der Waals surface area contributed by atoms with Crippen molar-refractivity contribution in [1.29, 1.82) is 0 Å². The SMILES string of the molecule is CN1CCN(c2ccc(Nc3nc(N4CCCN(n5ccc6cc(C7CC7)ccc6c5=O)C4)cnc3C(N)=O)cc2)CC1. The van der Waals surface area contributed by atoms with Crippen molar-refractivity contribution in [2.24, 2.45) is 5.73 Å². The highest BCUT2D eigenvalue weighted by Crippen LogP contribution is 2.40. The van der Waals surface area contributed by atoms with Gasteiger partial charge in [0.25, 0.3) is 11.5 Å². The second-order valence-electron chi connectivity index (χ2n) is 11.8. The van der Waals surface area contributed by atoms with Crippen molar-refractivity contribution in [2.75, 3.05) is 73.1 Å². The standard InChI is InChI=1S/C32H37N9O2/c1-37-15-17-38(18-16-37)26-8-6-25(7-9-26)35-31-29(30(33)42)34-20-28(36-31)39-12-2-13-40(21-39)41-14-11-24-19-23(22-3-4-22)5-10-27(24)32(41)43/h5-11,14,19-20,22H,2-4,12-13,15-18,21H2,1H3,(H2,33,42)(H,35,36). The molecule has 1 saturated carbocycles. The quantitative estimate of drug-likeness (QED) is 0.341. The Bertz CT molecular complexity index is 1710. The fraction of sp³-hybridized carbons (Fsp3) is 0.375. The van der Waals surface area contributed by atoms with Crippen molar-refractivity contribution >= 4 is 39.7 Å². The molecule has 3 aliphatic rings. The normalized spacial score (nSPS) is 17.8. The number of rotatable bonds is 7. The minimum Gasteiger partial charge on any atom is -0.369 e. The molecule has 0 radical (unpaired) electrons. The summed E-state index contributed by atoms with van der Waals surface area (Å²) in [5.41, 5.74) is 8.99. The molecule has 1 amide bonds. The van der Waals surface area contributed by atoms with Crippen molar-refractivity contribution in [3.8, 4) is 0 Å². The second-order valence-corrected chi connectivity index (χ2v) is 11.8. The number of anilines is 4. The van der Waals surface area contributed by atoms with Gasteiger partial charge >= 0.3 is 0 Å². The molecule has 3 fully saturated rings. The molecule has 222 valence electrons. The van der Waals surface area contributed by atoms with Gasteiger partial charge in [-0.25, -0.2) is 14.6 Å². The molecule has 2 saturated heterocycles. The van der Waals surface area contributed by atoms with Gasteiger partial charge in [-0.3, -0.25) is 14.6 Å². The van der Waals surface area contributed by atoms with Gasteiger partial charge in [-0.15, -0.1) is 0 Å². The number of amides is 1. The first-order valence-corrected chi connectivity index (χ1v) is 15.1. The van der Waals surface area contributed by atoms with Gasteiger partial charge in [-0.05, 0) is 79.6 Å². The summed E-state index contributed by atoms with van der Waals surface area (Å²) >= 11 is 0. The van der Waals surface area contributed by atoms with Gasteiger partial charge in [0.1, 0.15) is 6.67 Å². The molecule has 4 aromatic rings. The molecule has 0 atom stereocenters. The van der Waals surface area contributed by atoms with Gasteiger partial charge in [0.05, 0.1) is 6.20 Å². The lowest BCUT2D eigenvalue weighted by molar-refractivity contribution is 0.0996. The van der Waals surface area contributed by atoms with Gasteiger partial charge in [0.15, 0.2) is 17.3 Å². The summed E-state index contributed by atoms with van der Waals surface area (Å²) in [4.78, 5) is 41.7. The number of aromatic nitrogens is 3. The fourth-order valence-corrected chi connectivity index (χ4v) is 6.05. The van der Waals surface area contributed by atoms with E-state index in [2.05, 4.69) is 56.3 Å². The number of nitrogens with two attached hydrogens (primary N) is 1. The minimum atomic E-state index is -0.650. The van der Waals surface area contributed by atoms with E-state index in [1.807, 2.05) is 35.5 Å². The molecule has 11 nitrogen and oxygen atoms in total. The average molecular weight is 580 g/mol. The Morgan fingerprint density at radius 2 is 1.74 bits per heavy atom. The van der Waals surface area contributed by atoms with Crippen LogP contribution in [0.5, 0.6) is 0 Å². The van der Waals surface area contributed by atoms with Crippen LogP contribution in [0.15, 0.2) is 65.7 Å². The zero-order valence-corrected chi connectivity index (χ0v) is 24.4. The summed E-state index contributed by atoms with van der Waals surface area (Å²) in [5.74, 6) is 0.909. The largest absolute Gasteiger partial charge is 0.369 e. The highest BCUT2D eigenvalue weighted by atomic mass is 16.1. The maximum atomic E-state index is 13.5. The number of nitrogens with one attached hydrogen (secondary N) is 1. The molecule has 0 bridgehead atoms. The lowest BCUT2D eigenvalue weighted by Crippen LogP contribution is -2.53. The smallest absolute Gasteiger partial charge is 0.276 e. The number of hydrogen-bond acceptors (Lipinski definition) is 9. The number of carbonyl (C=O) groups excluding carboxylic acids is 1. The van der Waals surface area contributed by atoms with E-state index in [0.29, 0.717) is 24.2 Å². The van der Waals surface area contributed by atoms with Crippen molar-refractivity contribution in [2.45, 2.75) is 25.2 Å². The molecular formula is C32H37N9O2. The van der Waals surface area contributed by atoms with Crippen LogP contribution in [0.25, 0.3) is 10.8 Å². The number of carbonyl (C=O) groups is 1. The van der Waals surface area contributed by atoms with E-state index >= 15 is 0 Å². The lowest BCUT2D eigenvalue weighted by Gasteiger charge is -2.38. The minimum absolute atomic E-state index is 0.0285. The predicted molar refractivity (Wildman–Crippen MR) is 170 cm³/mol. The van der Waals surface area contributed by atoms with Gasteiger partial charge in [0.2, 0.25) is 0 Å². The molecule has 11 heteroatoms. The first kappa shape index (κ1) is 27.2.